The standard InChI is InChI=1S/C10H17Cl2N/c1-9(6-11)8-13-4-2-10(7-12)3-5-13/h6,10H,2-5,7-8H2,1H3. The van der Waals surface area contributed by atoms with Crippen LogP contribution in [0, 0.1) is 5.92 Å². The molecular weight excluding hydrogens is 205 g/mol. The van der Waals surface area contributed by atoms with Crippen LogP contribution in [0.1, 0.15) is 19.8 Å². The average molecular weight is 222 g/mol. The molecule has 0 aromatic heterocycles. The largest absolute Gasteiger partial charge is 0.299 e. The van der Waals surface area contributed by atoms with Gasteiger partial charge in [0.15, 0.2) is 0 Å². The van der Waals surface area contributed by atoms with E-state index in [1.165, 1.54) is 31.5 Å². The summed E-state index contributed by atoms with van der Waals surface area (Å²) in [4.78, 5) is 2.44. The highest BCUT2D eigenvalue weighted by atomic mass is 35.5. The molecule has 0 amide bonds. The van der Waals surface area contributed by atoms with Gasteiger partial charge in [0.2, 0.25) is 0 Å². The molecule has 13 heavy (non-hydrogen) atoms. The first-order valence-corrected chi connectivity index (χ1v) is 5.77. The van der Waals surface area contributed by atoms with Crippen LogP contribution in [0.5, 0.6) is 0 Å². The molecule has 0 aliphatic carbocycles. The van der Waals surface area contributed by atoms with Gasteiger partial charge < -0.3 is 0 Å². The Labute approximate surface area is 90.7 Å². The summed E-state index contributed by atoms with van der Waals surface area (Å²) in [5, 5.41) is 0. The van der Waals surface area contributed by atoms with Gasteiger partial charge in [-0.25, -0.2) is 0 Å². The second-order valence-electron chi connectivity index (χ2n) is 3.83. The van der Waals surface area contributed by atoms with E-state index in [0.29, 0.717) is 0 Å². The zero-order chi connectivity index (χ0) is 9.68. The van der Waals surface area contributed by atoms with Gasteiger partial charge in [-0.1, -0.05) is 11.6 Å². The van der Waals surface area contributed by atoms with Crippen LogP contribution in [0.15, 0.2) is 11.1 Å². The summed E-state index contributed by atoms with van der Waals surface area (Å²) in [7, 11) is 0. The third-order valence-electron chi connectivity index (χ3n) is 2.58. The van der Waals surface area contributed by atoms with E-state index < -0.39 is 0 Å². The van der Waals surface area contributed by atoms with Crippen LogP contribution < -0.4 is 0 Å². The highest BCUT2D eigenvalue weighted by Crippen LogP contribution is 2.18. The molecule has 0 radical (unpaired) electrons. The molecule has 0 bridgehead atoms. The first kappa shape index (κ1) is 11.4. The van der Waals surface area contributed by atoms with Crippen LogP contribution >= 0.6 is 23.2 Å². The Morgan fingerprint density at radius 3 is 2.54 bits per heavy atom. The van der Waals surface area contributed by atoms with Crippen LogP contribution in [0.25, 0.3) is 0 Å². The molecular formula is C10H17Cl2N. The number of piperidine rings is 1. The van der Waals surface area contributed by atoms with E-state index in [1.54, 1.807) is 5.54 Å². The predicted molar refractivity (Wildman–Crippen MR) is 59.5 cm³/mol. The first-order chi connectivity index (χ1) is 6.26. The maximum atomic E-state index is 5.81. The Morgan fingerprint density at radius 2 is 2.08 bits per heavy atom. The van der Waals surface area contributed by atoms with E-state index in [9.17, 15) is 0 Å². The van der Waals surface area contributed by atoms with Gasteiger partial charge in [0.1, 0.15) is 0 Å². The molecule has 1 fully saturated rings. The molecule has 0 N–H and O–H groups in total. The fourth-order valence-electron chi connectivity index (χ4n) is 1.69. The Hall–Kier alpha value is 0.280. The molecule has 1 rings (SSSR count). The Kier molecular flexibility index (Phi) is 5.15. The van der Waals surface area contributed by atoms with Crippen LogP contribution in [0.3, 0.4) is 0 Å². The van der Waals surface area contributed by atoms with Crippen molar-refractivity contribution >= 4 is 23.2 Å². The lowest BCUT2D eigenvalue weighted by molar-refractivity contribution is 0.208. The minimum atomic E-state index is 0.734. The van der Waals surface area contributed by atoms with Crippen molar-refractivity contribution < 1.29 is 0 Å². The highest BCUT2D eigenvalue weighted by Gasteiger charge is 2.17. The van der Waals surface area contributed by atoms with Crippen LogP contribution in [-0.2, 0) is 0 Å². The molecule has 1 aliphatic rings. The third-order valence-corrected chi connectivity index (χ3v) is 3.39. The quantitative estimate of drug-likeness (QED) is 0.663. The van der Waals surface area contributed by atoms with Crippen LogP contribution in [0.2, 0.25) is 0 Å². The van der Waals surface area contributed by atoms with E-state index in [0.717, 1.165) is 18.3 Å². The van der Waals surface area contributed by atoms with Crippen molar-refractivity contribution in [2.75, 3.05) is 25.5 Å². The van der Waals surface area contributed by atoms with Crippen molar-refractivity contribution in [3.05, 3.63) is 11.1 Å². The van der Waals surface area contributed by atoms with Gasteiger partial charge in [-0.3, -0.25) is 4.90 Å². The molecule has 3 heteroatoms. The Bertz CT molecular complexity index is 172. The van der Waals surface area contributed by atoms with Crippen LogP contribution in [0.4, 0.5) is 0 Å². The van der Waals surface area contributed by atoms with Crippen molar-refractivity contribution in [3.8, 4) is 0 Å². The fraction of sp³-hybridized carbons (Fsp3) is 0.800. The molecule has 0 spiro atoms. The molecule has 0 atom stereocenters. The van der Waals surface area contributed by atoms with Crippen molar-refractivity contribution in [2.45, 2.75) is 19.8 Å². The lowest BCUT2D eigenvalue weighted by atomic mass is 9.99. The van der Waals surface area contributed by atoms with E-state index in [4.69, 9.17) is 23.2 Å². The molecule has 0 unspecified atom stereocenters. The number of nitrogens with zero attached hydrogens (tertiary/aromatic N) is 1. The fourth-order valence-corrected chi connectivity index (χ4v) is 2.06. The summed E-state index contributed by atoms with van der Waals surface area (Å²) in [5.41, 5.74) is 2.92. The maximum Gasteiger partial charge on any atom is 0.0252 e. The number of alkyl halides is 1. The van der Waals surface area contributed by atoms with Gasteiger partial charge in [-0.2, -0.15) is 0 Å². The van der Waals surface area contributed by atoms with Gasteiger partial charge in [0.05, 0.1) is 0 Å². The number of hydrogen-bond acceptors (Lipinski definition) is 1. The number of hydrogen-bond donors (Lipinski definition) is 0. The number of halogens is 2. The monoisotopic (exact) mass is 221 g/mol. The Morgan fingerprint density at radius 1 is 1.46 bits per heavy atom. The SMILES string of the molecule is CC(=CCl)CN1CCC(CCl)CC1. The van der Waals surface area contributed by atoms with Crippen molar-refractivity contribution in [1.82, 2.24) is 4.90 Å². The van der Waals surface area contributed by atoms with Crippen molar-refractivity contribution in [2.24, 2.45) is 5.92 Å². The van der Waals surface area contributed by atoms with E-state index in [1.807, 2.05) is 0 Å². The predicted octanol–water partition coefficient (Wildman–Crippen LogP) is 3.08. The van der Waals surface area contributed by atoms with Gasteiger partial charge in [0.25, 0.3) is 0 Å². The Balaban J connectivity index is 2.25. The smallest absolute Gasteiger partial charge is 0.0252 e. The first-order valence-electron chi connectivity index (χ1n) is 4.80. The van der Waals surface area contributed by atoms with Crippen molar-refractivity contribution in [3.63, 3.8) is 0 Å². The zero-order valence-electron chi connectivity index (χ0n) is 8.10. The molecule has 0 aromatic carbocycles. The van der Waals surface area contributed by atoms with E-state index in [2.05, 4.69) is 11.8 Å². The molecule has 0 saturated carbocycles. The minimum absolute atomic E-state index is 0.734. The lowest BCUT2D eigenvalue weighted by Gasteiger charge is -2.31. The molecule has 1 saturated heterocycles. The average Bonchev–Trinajstić information content (AvgIpc) is 2.19. The maximum absolute atomic E-state index is 5.81. The summed E-state index contributed by atoms with van der Waals surface area (Å²) < 4.78 is 0. The van der Waals surface area contributed by atoms with Gasteiger partial charge >= 0.3 is 0 Å². The normalized spacial score (nSPS) is 22.2. The van der Waals surface area contributed by atoms with E-state index >= 15 is 0 Å². The van der Waals surface area contributed by atoms with E-state index in [-0.39, 0.29) is 0 Å². The number of rotatable bonds is 3. The summed E-state index contributed by atoms with van der Waals surface area (Å²) in [6.45, 7) is 5.41. The summed E-state index contributed by atoms with van der Waals surface area (Å²) >= 11 is 11.4. The second kappa shape index (κ2) is 5.90. The van der Waals surface area contributed by atoms with Gasteiger partial charge in [-0.15, -0.1) is 11.6 Å². The van der Waals surface area contributed by atoms with Gasteiger partial charge in [-0.05, 0) is 44.3 Å². The minimum Gasteiger partial charge on any atom is -0.299 e. The molecule has 1 aliphatic heterocycles. The summed E-state index contributed by atoms with van der Waals surface area (Å²) in [5.74, 6) is 1.55. The van der Waals surface area contributed by atoms with Crippen molar-refractivity contribution in [1.29, 1.82) is 0 Å². The molecule has 1 nitrogen and oxygen atoms in total. The topological polar surface area (TPSA) is 3.24 Å². The third kappa shape index (κ3) is 3.88. The van der Waals surface area contributed by atoms with Crippen LogP contribution in [-0.4, -0.2) is 30.4 Å². The molecule has 1 heterocycles. The second-order valence-corrected chi connectivity index (χ2v) is 4.36. The molecule has 0 aromatic rings. The summed E-state index contributed by atoms with van der Waals surface area (Å²) in [6.07, 6.45) is 2.47. The summed E-state index contributed by atoms with van der Waals surface area (Å²) in [6, 6.07) is 0. The number of likely N-dealkylation sites (tertiary alicyclic amines) is 1. The molecule has 76 valence electrons. The lowest BCUT2D eigenvalue weighted by Crippen LogP contribution is -2.35. The highest BCUT2D eigenvalue weighted by molar-refractivity contribution is 6.25. The van der Waals surface area contributed by atoms with Gasteiger partial charge in [0, 0.05) is 18.0 Å². The zero-order valence-corrected chi connectivity index (χ0v) is 9.61.